The average molecular weight is 343 g/mol. The highest BCUT2D eigenvalue weighted by Crippen LogP contribution is 2.19. The maximum Gasteiger partial charge on any atom is 0.0283 e. The Morgan fingerprint density at radius 3 is 2.14 bits per heavy atom. The van der Waals surface area contributed by atoms with Gasteiger partial charge in [-0.2, -0.15) is 0 Å². The number of allylic oxidation sites excluding steroid dienone is 1. The topological polar surface area (TPSA) is 0 Å². The summed E-state index contributed by atoms with van der Waals surface area (Å²) < 4.78 is 0. The molecule has 0 N–H and O–H groups in total. The van der Waals surface area contributed by atoms with Crippen LogP contribution in [0.1, 0.15) is 42.4 Å². The Morgan fingerprint density at radius 2 is 1.48 bits per heavy atom. The van der Waals surface area contributed by atoms with E-state index in [0.717, 1.165) is 11.8 Å². The van der Waals surface area contributed by atoms with Gasteiger partial charge in [0, 0.05) is 5.33 Å². The van der Waals surface area contributed by atoms with Crippen molar-refractivity contribution in [1.82, 2.24) is 0 Å². The van der Waals surface area contributed by atoms with E-state index in [1.54, 1.807) is 0 Å². The molecular weight excluding hydrogens is 320 g/mol. The van der Waals surface area contributed by atoms with Crippen molar-refractivity contribution in [3.8, 4) is 0 Å². The molecule has 0 radical (unpaired) electrons. The molecule has 0 atom stereocenters. The van der Waals surface area contributed by atoms with Gasteiger partial charge >= 0.3 is 0 Å². The lowest BCUT2D eigenvalue weighted by Gasteiger charge is -2.06. The Morgan fingerprint density at radius 1 is 0.810 bits per heavy atom. The normalized spacial score (nSPS) is 10.5. The first-order valence-corrected chi connectivity index (χ1v) is 8.78. The smallest absolute Gasteiger partial charge is 0.0283 e. The third-order valence-corrected chi connectivity index (χ3v) is 4.45. The molecule has 2 aromatic carbocycles. The van der Waals surface area contributed by atoms with Crippen LogP contribution in [0.4, 0.5) is 0 Å². The summed E-state index contributed by atoms with van der Waals surface area (Å²) in [6, 6.07) is 19.4. The van der Waals surface area contributed by atoms with Crippen LogP contribution in [-0.2, 0) is 11.8 Å². The standard InChI is InChI=1S/C20H23Br/c1-17(20-10-6-3-7-11-20)8-4-2-5-9-18-12-14-19(16-21)15-13-18/h3,6-7,10-15H,1-2,4-5,8-9,16H2. The maximum absolute atomic E-state index is 4.20. The molecule has 0 saturated heterocycles. The van der Waals surface area contributed by atoms with Gasteiger partial charge in [-0.15, -0.1) is 0 Å². The zero-order chi connectivity index (χ0) is 14.9. The molecule has 0 amide bonds. The Balaban J connectivity index is 1.64. The largest absolute Gasteiger partial charge is 0.0952 e. The van der Waals surface area contributed by atoms with Crippen molar-refractivity contribution in [2.75, 3.05) is 0 Å². The molecule has 1 heteroatoms. The SMILES string of the molecule is C=C(CCCCCc1ccc(CBr)cc1)c1ccccc1. The fourth-order valence-electron chi connectivity index (χ4n) is 2.46. The minimum atomic E-state index is 0.939. The second-order valence-electron chi connectivity index (χ2n) is 5.48. The summed E-state index contributed by atoms with van der Waals surface area (Å²) in [7, 11) is 0. The van der Waals surface area contributed by atoms with E-state index in [0.29, 0.717) is 0 Å². The predicted octanol–water partition coefficient (Wildman–Crippen LogP) is 6.40. The highest BCUT2D eigenvalue weighted by atomic mass is 79.9. The molecule has 2 aromatic rings. The van der Waals surface area contributed by atoms with Crippen molar-refractivity contribution in [1.29, 1.82) is 0 Å². The Bertz CT molecular complexity index is 540. The van der Waals surface area contributed by atoms with Crippen LogP contribution < -0.4 is 0 Å². The number of benzene rings is 2. The lowest BCUT2D eigenvalue weighted by atomic mass is 10.00. The highest BCUT2D eigenvalue weighted by Gasteiger charge is 1.99. The molecule has 0 aromatic heterocycles. The molecular formula is C20H23Br. The lowest BCUT2D eigenvalue weighted by Crippen LogP contribution is -1.88. The van der Waals surface area contributed by atoms with Gasteiger partial charge in [0.15, 0.2) is 0 Å². The van der Waals surface area contributed by atoms with Crippen LogP contribution >= 0.6 is 15.9 Å². The second-order valence-corrected chi connectivity index (χ2v) is 6.04. The number of aryl methyl sites for hydroxylation is 1. The number of alkyl halides is 1. The maximum atomic E-state index is 4.20. The Hall–Kier alpha value is -1.34. The van der Waals surface area contributed by atoms with Crippen LogP contribution in [0.15, 0.2) is 61.2 Å². The van der Waals surface area contributed by atoms with Gasteiger partial charge < -0.3 is 0 Å². The Labute approximate surface area is 137 Å². The molecule has 0 saturated carbocycles. The summed E-state index contributed by atoms with van der Waals surface area (Å²) in [5.74, 6) is 0. The summed E-state index contributed by atoms with van der Waals surface area (Å²) in [6.07, 6.45) is 6.04. The number of hydrogen-bond donors (Lipinski definition) is 0. The van der Waals surface area contributed by atoms with Gasteiger partial charge in [-0.1, -0.05) is 83.5 Å². The molecule has 0 fully saturated rings. The zero-order valence-corrected chi connectivity index (χ0v) is 14.1. The Kier molecular flexibility index (Phi) is 6.75. The van der Waals surface area contributed by atoms with Crippen molar-refractivity contribution in [2.45, 2.75) is 37.4 Å². The van der Waals surface area contributed by atoms with E-state index in [9.17, 15) is 0 Å². The number of unbranched alkanes of at least 4 members (excludes halogenated alkanes) is 2. The second kappa shape index (κ2) is 8.84. The third-order valence-electron chi connectivity index (χ3n) is 3.80. The van der Waals surface area contributed by atoms with E-state index in [4.69, 9.17) is 0 Å². The van der Waals surface area contributed by atoms with E-state index < -0.39 is 0 Å². The molecule has 0 aliphatic heterocycles. The van der Waals surface area contributed by atoms with Gasteiger partial charge in [0.1, 0.15) is 0 Å². The molecule has 110 valence electrons. The summed E-state index contributed by atoms with van der Waals surface area (Å²) in [6.45, 7) is 4.20. The number of halogens is 1. The van der Waals surface area contributed by atoms with Crippen molar-refractivity contribution in [3.05, 3.63) is 77.9 Å². The van der Waals surface area contributed by atoms with Crippen molar-refractivity contribution in [3.63, 3.8) is 0 Å². The summed E-state index contributed by atoms with van der Waals surface area (Å²) in [5.41, 5.74) is 5.33. The fraction of sp³-hybridized carbons (Fsp3) is 0.300. The van der Waals surface area contributed by atoms with Gasteiger partial charge in [-0.3, -0.25) is 0 Å². The number of hydrogen-bond acceptors (Lipinski definition) is 0. The fourth-order valence-corrected chi connectivity index (χ4v) is 2.83. The molecule has 0 nitrogen and oxygen atoms in total. The van der Waals surface area contributed by atoms with Crippen LogP contribution in [0, 0.1) is 0 Å². The molecule has 0 spiro atoms. The first-order valence-electron chi connectivity index (χ1n) is 7.66. The van der Waals surface area contributed by atoms with E-state index >= 15 is 0 Å². The van der Waals surface area contributed by atoms with Crippen molar-refractivity contribution in [2.24, 2.45) is 0 Å². The summed E-state index contributed by atoms with van der Waals surface area (Å²) >= 11 is 3.48. The van der Waals surface area contributed by atoms with E-state index in [1.165, 1.54) is 47.9 Å². The average Bonchev–Trinajstić information content (AvgIpc) is 2.55. The van der Waals surface area contributed by atoms with Crippen LogP contribution in [-0.4, -0.2) is 0 Å². The van der Waals surface area contributed by atoms with E-state index in [-0.39, 0.29) is 0 Å². The molecule has 0 bridgehead atoms. The van der Waals surface area contributed by atoms with Gasteiger partial charge in [-0.25, -0.2) is 0 Å². The molecule has 0 aliphatic carbocycles. The predicted molar refractivity (Wildman–Crippen MR) is 96.7 cm³/mol. The summed E-state index contributed by atoms with van der Waals surface area (Å²) in [5, 5.41) is 0.939. The number of rotatable bonds is 8. The first kappa shape index (κ1) is 16.0. The molecule has 2 rings (SSSR count). The third kappa shape index (κ3) is 5.51. The van der Waals surface area contributed by atoms with Gasteiger partial charge in [0.25, 0.3) is 0 Å². The minimum absolute atomic E-state index is 0.939. The van der Waals surface area contributed by atoms with Gasteiger partial charge in [0.05, 0.1) is 0 Å². The zero-order valence-electron chi connectivity index (χ0n) is 12.5. The molecule has 0 aliphatic rings. The van der Waals surface area contributed by atoms with Crippen molar-refractivity contribution < 1.29 is 0 Å². The first-order chi connectivity index (χ1) is 10.3. The van der Waals surface area contributed by atoms with Gasteiger partial charge in [0.2, 0.25) is 0 Å². The minimum Gasteiger partial charge on any atom is -0.0952 e. The summed E-state index contributed by atoms with van der Waals surface area (Å²) in [4.78, 5) is 0. The van der Waals surface area contributed by atoms with Crippen LogP contribution in [0.5, 0.6) is 0 Å². The molecule has 0 unspecified atom stereocenters. The quantitative estimate of drug-likeness (QED) is 0.384. The molecule has 0 heterocycles. The van der Waals surface area contributed by atoms with Gasteiger partial charge in [-0.05, 0) is 47.9 Å². The van der Waals surface area contributed by atoms with Crippen molar-refractivity contribution >= 4 is 21.5 Å². The molecule has 21 heavy (non-hydrogen) atoms. The van der Waals surface area contributed by atoms with Crippen LogP contribution in [0.2, 0.25) is 0 Å². The van der Waals surface area contributed by atoms with E-state index in [2.05, 4.69) is 77.1 Å². The van der Waals surface area contributed by atoms with Crippen LogP contribution in [0.3, 0.4) is 0 Å². The highest BCUT2D eigenvalue weighted by molar-refractivity contribution is 9.08. The van der Waals surface area contributed by atoms with Crippen LogP contribution in [0.25, 0.3) is 5.57 Å². The lowest BCUT2D eigenvalue weighted by molar-refractivity contribution is 0.692. The monoisotopic (exact) mass is 342 g/mol. The van der Waals surface area contributed by atoms with E-state index in [1.807, 2.05) is 0 Å².